The van der Waals surface area contributed by atoms with Gasteiger partial charge in [-0.3, -0.25) is 14.2 Å². The Balaban J connectivity index is 2.14. The SMILES string of the molecule is CCOC(=O)[C@@H](CC)Sc1nc2c([nH]c3ccccc32)c(=O)n1CCOC. The second-order valence-corrected chi connectivity index (χ2v) is 7.17. The number of benzene rings is 1. The zero-order valence-corrected chi connectivity index (χ0v) is 16.5. The number of H-pyrrole nitrogens is 1. The predicted octanol–water partition coefficient (Wildman–Crippen LogP) is 2.96. The topological polar surface area (TPSA) is 86.2 Å². The summed E-state index contributed by atoms with van der Waals surface area (Å²) in [7, 11) is 1.58. The maximum absolute atomic E-state index is 13.1. The van der Waals surface area contributed by atoms with Crippen molar-refractivity contribution in [1.82, 2.24) is 14.5 Å². The van der Waals surface area contributed by atoms with E-state index in [2.05, 4.69) is 4.98 Å². The van der Waals surface area contributed by atoms with E-state index in [1.165, 1.54) is 11.8 Å². The average Bonchev–Trinajstić information content (AvgIpc) is 3.05. The van der Waals surface area contributed by atoms with E-state index in [0.29, 0.717) is 42.4 Å². The Labute approximate surface area is 161 Å². The van der Waals surface area contributed by atoms with Crippen LogP contribution in [0.3, 0.4) is 0 Å². The number of rotatable bonds is 8. The second kappa shape index (κ2) is 8.58. The van der Waals surface area contributed by atoms with Gasteiger partial charge in [-0.05, 0) is 19.4 Å². The maximum atomic E-state index is 13.1. The molecule has 0 fully saturated rings. The van der Waals surface area contributed by atoms with Crippen LogP contribution in [0, 0.1) is 0 Å². The molecule has 0 amide bonds. The van der Waals surface area contributed by atoms with E-state index >= 15 is 0 Å². The fourth-order valence-corrected chi connectivity index (χ4v) is 3.94. The summed E-state index contributed by atoms with van der Waals surface area (Å²) in [6, 6.07) is 7.66. The van der Waals surface area contributed by atoms with Gasteiger partial charge in [0.25, 0.3) is 5.56 Å². The number of para-hydroxylation sites is 1. The normalized spacial score (nSPS) is 12.6. The van der Waals surface area contributed by atoms with Crippen molar-refractivity contribution >= 4 is 39.7 Å². The van der Waals surface area contributed by atoms with Gasteiger partial charge < -0.3 is 14.5 Å². The Bertz CT molecular complexity index is 1010. The number of fused-ring (bicyclic) bond motifs is 3. The van der Waals surface area contributed by atoms with Crippen LogP contribution >= 0.6 is 11.8 Å². The highest BCUT2D eigenvalue weighted by atomic mass is 32.2. The third kappa shape index (κ3) is 3.86. The smallest absolute Gasteiger partial charge is 0.319 e. The van der Waals surface area contributed by atoms with Gasteiger partial charge in [0.15, 0.2) is 5.16 Å². The Hall–Kier alpha value is -2.32. The second-order valence-electron chi connectivity index (χ2n) is 6.00. The van der Waals surface area contributed by atoms with Gasteiger partial charge in [-0.1, -0.05) is 36.9 Å². The van der Waals surface area contributed by atoms with E-state index in [1.54, 1.807) is 18.6 Å². The largest absolute Gasteiger partial charge is 0.465 e. The van der Waals surface area contributed by atoms with E-state index in [9.17, 15) is 9.59 Å². The molecule has 2 aromatic heterocycles. The van der Waals surface area contributed by atoms with Crippen LogP contribution in [0.2, 0.25) is 0 Å². The first-order valence-corrected chi connectivity index (χ1v) is 9.82. The van der Waals surface area contributed by atoms with Crippen LogP contribution in [0.1, 0.15) is 20.3 Å². The minimum absolute atomic E-state index is 0.172. The molecule has 8 heteroatoms. The van der Waals surface area contributed by atoms with Crippen molar-refractivity contribution < 1.29 is 14.3 Å². The summed E-state index contributed by atoms with van der Waals surface area (Å²) in [6.07, 6.45) is 0.579. The average molecular weight is 389 g/mol. The first-order valence-electron chi connectivity index (χ1n) is 8.94. The number of thioether (sulfide) groups is 1. The highest BCUT2D eigenvalue weighted by Crippen LogP contribution is 2.28. The van der Waals surface area contributed by atoms with E-state index < -0.39 is 5.25 Å². The van der Waals surface area contributed by atoms with Crippen LogP contribution in [0.15, 0.2) is 34.2 Å². The summed E-state index contributed by atoms with van der Waals surface area (Å²) in [5.41, 5.74) is 1.76. The van der Waals surface area contributed by atoms with Crippen LogP contribution in [-0.2, 0) is 20.8 Å². The molecule has 1 atom stereocenters. The van der Waals surface area contributed by atoms with Crippen molar-refractivity contribution in [2.75, 3.05) is 20.3 Å². The molecule has 1 N–H and O–H groups in total. The lowest BCUT2D eigenvalue weighted by molar-refractivity contribution is -0.142. The number of esters is 1. The maximum Gasteiger partial charge on any atom is 0.319 e. The van der Waals surface area contributed by atoms with E-state index in [0.717, 1.165) is 10.9 Å². The highest BCUT2D eigenvalue weighted by molar-refractivity contribution is 8.00. The fourth-order valence-electron chi connectivity index (χ4n) is 2.91. The quantitative estimate of drug-likeness (QED) is 0.362. The monoisotopic (exact) mass is 389 g/mol. The Morgan fingerprint density at radius 2 is 2.11 bits per heavy atom. The third-order valence-corrected chi connectivity index (χ3v) is 5.60. The summed E-state index contributed by atoms with van der Waals surface area (Å²) in [4.78, 5) is 33.2. The number of carbonyl (C=O) groups excluding carboxylic acids is 1. The molecule has 0 aliphatic rings. The number of aromatic amines is 1. The van der Waals surface area contributed by atoms with Gasteiger partial charge in [0.2, 0.25) is 0 Å². The number of nitrogens with one attached hydrogen (secondary N) is 1. The minimum atomic E-state index is -0.423. The molecule has 144 valence electrons. The molecule has 3 rings (SSSR count). The molecular formula is C19H23N3O4S. The summed E-state index contributed by atoms with van der Waals surface area (Å²) in [5, 5.41) is 0.956. The van der Waals surface area contributed by atoms with Crippen molar-refractivity contribution in [1.29, 1.82) is 0 Å². The molecule has 2 heterocycles. The molecule has 27 heavy (non-hydrogen) atoms. The number of ether oxygens (including phenoxy) is 2. The molecule has 3 aromatic rings. The molecule has 1 aromatic carbocycles. The summed E-state index contributed by atoms with van der Waals surface area (Å²) in [5.74, 6) is -0.295. The Morgan fingerprint density at radius 1 is 1.33 bits per heavy atom. The standard InChI is InChI=1S/C19H23N3O4S/c1-4-14(18(24)26-5-2)27-19-21-15-12-8-6-7-9-13(12)20-16(15)17(23)22(19)10-11-25-3/h6-9,14,20H,4-5,10-11H2,1-3H3/t14-/m1/s1. The number of hydrogen-bond acceptors (Lipinski definition) is 6. The molecule has 0 unspecified atom stereocenters. The number of carbonyl (C=O) groups is 1. The van der Waals surface area contributed by atoms with Gasteiger partial charge in [0, 0.05) is 18.0 Å². The Kier molecular flexibility index (Phi) is 6.18. The Morgan fingerprint density at radius 3 is 2.81 bits per heavy atom. The lowest BCUT2D eigenvalue weighted by Crippen LogP contribution is -2.27. The molecule has 0 saturated heterocycles. The molecular weight excluding hydrogens is 366 g/mol. The molecule has 0 aliphatic carbocycles. The van der Waals surface area contributed by atoms with E-state index in [-0.39, 0.29) is 11.5 Å². The zero-order valence-electron chi connectivity index (χ0n) is 15.7. The van der Waals surface area contributed by atoms with Crippen LogP contribution in [0.5, 0.6) is 0 Å². The van der Waals surface area contributed by atoms with Crippen LogP contribution in [-0.4, -0.2) is 46.1 Å². The lowest BCUT2D eigenvalue weighted by atomic mass is 10.2. The fraction of sp³-hybridized carbons (Fsp3) is 0.421. The van der Waals surface area contributed by atoms with Crippen LogP contribution in [0.4, 0.5) is 0 Å². The van der Waals surface area contributed by atoms with Crippen molar-refractivity contribution in [3.05, 3.63) is 34.6 Å². The van der Waals surface area contributed by atoms with Crippen molar-refractivity contribution in [3.63, 3.8) is 0 Å². The predicted molar refractivity (Wildman–Crippen MR) is 106 cm³/mol. The zero-order chi connectivity index (χ0) is 19.4. The van der Waals surface area contributed by atoms with Crippen molar-refractivity contribution in [2.24, 2.45) is 0 Å². The summed E-state index contributed by atoms with van der Waals surface area (Å²) >= 11 is 1.26. The first-order chi connectivity index (χ1) is 13.1. The van der Waals surface area contributed by atoms with Gasteiger partial charge in [0.1, 0.15) is 16.3 Å². The van der Waals surface area contributed by atoms with Gasteiger partial charge >= 0.3 is 5.97 Å². The molecule has 0 bridgehead atoms. The van der Waals surface area contributed by atoms with Crippen molar-refractivity contribution in [3.8, 4) is 0 Å². The summed E-state index contributed by atoms with van der Waals surface area (Å²) < 4.78 is 11.9. The highest BCUT2D eigenvalue weighted by Gasteiger charge is 2.23. The van der Waals surface area contributed by atoms with Gasteiger partial charge in [-0.25, -0.2) is 4.98 Å². The van der Waals surface area contributed by atoms with Crippen LogP contribution in [0.25, 0.3) is 21.9 Å². The minimum Gasteiger partial charge on any atom is -0.465 e. The van der Waals surface area contributed by atoms with Crippen LogP contribution < -0.4 is 5.56 Å². The number of hydrogen-bond donors (Lipinski definition) is 1. The number of nitrogens with zero attached hydrogens (tertiary/aromatic N) is 2. The van der Waals surface area contributed by atoms with Gasteiger partial charge in [0.05, 0.1) is 19.8 Å². The molecule has 0 radical (unpaired) electrons. The lowest BCUT2D eigenvalue weighted by Gasteiger charge is -2.16. The molecule has 0 saturated carbocycles. The number of aromatic nitrogens is 3. The van der Waals surface area contributed by atoms with Crippen molar-refractivity contribution in [2.45, 2.75) is 37.2 Å². The van der Waals surface area contributed by atoms with Gasteiger partial charge in [-0.2, -0.15) is 0 Å². The molecule has 0 spiro atoms. The van der Waals surface area contributed by atoms with Gasteiger partial charge in [-0.15, -0.1) is 0 Å². The number of methoxy groups -OCH3 is 1. The summed E-state index contributed by atoms with van der Waals surface area (Å²) in [6.45, 7) is 4.74. The first kappa shape index (κ1) is 19.4. The molecule has 7 nitrogen and oxygen atoms in total. The third-order valence-electron chi connectivity index (χ3n) is 4.26. The van der Waals surface area contributed by atoms with E-state index in [1.807, 2.05) is 31.2 Å². The molecule has 0 aliphatic heterocycles. The van der Waals surface area contributed by atoms with E-state index in [4.69, 9.17) is 14.5 Å².